The van der Waals surface area contributed by atoms with E-state index in [1.807, 2.05) is 167 Å². The number of hydrogen-bond acceptors (Lipinski definition) is 9. The van der Waals surface area contributed by atoms with Crippen LogP contribution in [0.2, 0.25) is 0 Å². The lowest BCUT2D eigenvalue weighted by Crippen LogP contribution is -2.45. The van der Waals surface area contributed by atoms with Gasteiger partial charge in [0.25, 0.3) is 0 Å². The Morgan fingerprint density at radius 1 is 0.536 bits per heavy atom. The van der Waals surface area contributed by atoms with Gasteiger partial charge >= 0.3 is 24.1 Å². The van der Waals surface area contributed by atoms with Gasteiger partial charge in [-0.25, -0.2) is 19.2 Å². The number of carbonyl (C=O) groups excluding carboxylic acids is 3. The Balaban J connectivity index is 0.000000202. The first-order valence-corrected chi connectivity index (χ1v) is 29.0. The number of hydrogen-bond donors (Lipinski definition) is 1. The second-order valence-corrected chi connectivity index (χ2v) is 24.3. The third kappa shape index (κ3) is 13.6. The molecule has 2 unspecified atom stereocenters. The molecule has 8 aromatic carbocycles. The Morgan fingerprint density at radius 2 is 0.964 bits per heavy atom. The zero-order valence-corrected chi connectivity index (χ0v) is 50.4. The van der Waals surface area contributed by atoms with E-state index in [1.54, 1.807) is 15.9 Å². The minimum atomic E-state index is -0.936. The summed E-state index contributed by atoms with van der Waals surface area (Å²) in [5, 5.41) is 14.3. The average Bonchev–Trinajstić information content (AvgIpc) is 2.76. The van der Waals surface area contributed by atoms with Gasteiger partial charge in [-0.05, 0) is 174 Å². The van der Waals surface area contributed by atoms with Gasteiger partial charge in [0.05, 0.1) is 43.4 Å². The number of aromatic carboxylic acids is 1. The molecule has 0 radical (unpaired) electrons. The van der Waals surface area contributed by atoms with Crippen molar-refractivity contribution in [3.8, 4) is 11.5 Å². The molecule has 12 heteroatoms. The topological polar surface area (TPSA) is 141 Å². The molecule has 0 fully saturated rings. The first-order valence-electron chi connectivity index (χ1n) is 29.0. The Hall–Kier alpha value is -8.64. The normalized spacial score (nSPS) is 17.1. The summed E-state index contributed by atoms with van der Waals surface area (Å²) in [4.78, 5) is 55.7. The van der Waals surface area contributed by atoms with Crippen molar-refractivity contribution in [2.75, 3.05) is 20.2 Å². The van der Waals surface area contributed by atoms with Gasteiger partial charge in [-0.2, -0.15) is 0 Å². The summed E-state index contributed by atoms with van der Waals surface area (Å²) < 4.78 is 30.0. The third-order valence-corrected chi connectivity index (χ3v) is 16.1. The van der Waals surface area contributed by atoms with Crippen LogP contribution in [0.3, 0.4) is 0 Å². The molecule has 0 aromatic heterocycles. The number of benzene rings is 8. The third-order valence-electron chi connectivity index (χ3n) is 16.1. The van der Waals surface area contributed by atoms with Gasteiger partial charge in [0.1, 0.15) is 34.9 Å². The van der Waals surface area contributed by atoms with Crippen molar-refractivity contribution in [2.45, 2.75) is 136 Å². The summed E-state index contributed by atoms with van der Waals surface area (Å²) >= 11 is 0. The first kappa shape index (κ1) is 60.0. The highest BCUT2D eigenvalue weighted by molar-refractivity contribution is 5.92. The molecule has 2 amide bonds. The van der Waals surface area contributed by atoms with E-state index in [0.29, 0.717) is 37.1 Å². The molecule has 12 nitrogen and oxygen atoms in total. The molecule has 1 N–H and O–H groups in total. The maximum Gasteiger partial charge on any atom is 0.410 e. The molecule has 2 aliphatic heterocycles. The predicted octanol–water partition coefficient (Wildman–Crippen LogP) is 16.7. The Kier molecular flexibility index (Phi) is 17.9. The number of para-hydroxylation sites is 2. The maximum atomic E-state index is 13.8. The fourth-order valence-electron chi connectivity index (χ4n) is 11.8. The van der Waals surface area contributed by atoms with Crippen molar-refractivity contribution in [2.24, 2.45) is 0 Å². The van der Waals surface area contributed by atoms with Crippen molar-refractivity contribution < 1.29 is 48.0 Å². The zero-order chi connectivity index (χ0) is 60.2. The minimum absolute atomic E-state index is 0.0303. The fourth-order valence-corrected chi connectivity index (χ4v) is 11.8. The number of amides is 2. The number of ether oxygens (including phenoxy) is 5. The van der Waals surface area contributed by atoms with Crippen molar-refractivity contribution >= 4 is 45.7 Å². The zero-order valence-electron chi connectivity index (χ0n) is 50.4. The van der Waals surface area contributed by atoms with Crippen LogP contribution in [0.4, 0.5) is 9.59 Å². The van der Waals surface area contributed by atoms with Crippen molar-refractivity contribution in [3.05, 3.63) is 225 Å². The number of esters is 1. The van der Waals surface area contributed by atoms with Gasteiger partial charge in [0, 0.05) is 23.0 Å². The van der Waals surface area contributed by atoms with Crippen molar-refractivity contribution in [1.29, 1.82) is 0 Å². The van der Waals surface area contributed by atoms with E-state index in [2.05, 4.69) is 66.7 Å². The summed E-state index contributed by atoms with van der Waals surface area (Å²) in [5.74, 6) is 0.111. The van der Waals surface area contributed by atoms with Gasteiger partial charge in [0.2, 0.25) is 0 Å². The largest absolute Gasteiger partial charge is 0.488 e. The number of carboxylic acids is 1. The van der Waals surface area contributed by atoms with Crippen molar-refractivity contribution in [1.82, 2.24) is 9.80 Å². The van der Waals surface area contributed by atoms with Crippen LogP contribution in [0.1, 0.15) is 163 Å². The van der Waals surface area contributed by atoms with Crippen LogP contribution in [-0.4, -0.2) is 82.6 Å². The fraction of sp³-hybridized carbons (Fsp3) is 0.333. The van der Waals surface area contributed by atoms with E-state index in [-0.39, 0.29) is 48.2 Å². The number of nitrogens with zero attached hydrogens (tertiary/aromatic N) is 2. The van der Waals surface area contributed by atoms with Crippen LogP contribution in [0, 0.1) is 20.8 Å². The first-order chi connectivity index (χ1) is 40.0. The lowest BCUT2D eigenvalue weighted by Gasteiger charge is -2.38. The van der Waals surface area contributed by atoms with E-state index in [1.165, 1.54) is 7.11 Å². The molecule has 10 rings (SSSR count). The summed E-state index contributed by atoms with van der Waals surface area (Å²) in [6.45, 7) is 21.7. The molecule has 6 atom stereocenters. The molecule has 2 aliphatic rings. The molecule has 84 heavy (non-hydrogen) atoms. The molecular weight excluding hydrogens is 1050 g/mol. The number of carboxylic acid groups (broad SMARTS) is 1. The standard InChI is InChI=1S/2C36H39NO5/c1-22-18-26(19-31(23(22)2)34(38)39)32-20-27(41-33-17-10-9-15-30(32)33)21-37(35(40)42-36(4,5)6)24(3)28-16-11-13-25-12-7-8-14-29(25)28;1-23-18-19-26(20-31(23)34(38)40-6)32-21-27(41-33-17-10-9-15-30(32)33)22-37(35(39)42-36(3,4)5)24(2)28-16-11-13-25-12-7-8-14-29(25)28/h7-19,24,27,32H,20-21H2,1-6H3,(H,38,39);7-20,24,27,32H,21-22H2,1-6H3/t2*24-,27-,32?/m11/s1. The van der Waals surface area contributed by atoms with E-state index in [0.717, 1.165) is 83.1 Å². The van der Waals surface area contributed by atoms with E-state index < -0.39 is 23.3 Å². The molecular formula is C72H78N2O10. The SMILES string of the molecule is COC(=O)c1cc(C2C[C@H](CN(C(=O)OC(C)(C)C)[C@H](C)c3cccc4ccccc34)Oc3ccccc32)ccc1C.Cc1cc(C2C[C@H](CN(C(=O)OC(C)(C)C)[C@H](C)c3cccc4ccccc34)Oc3ccccc32)cc(C(=O)O)c1C. The Bertz CT molecular complexity index is 3710. The van der Waals surface area contributed by atoms with Gasteiger partial charge in [-0.3, -0.25) is 9.80 Å². The monoisotopic (exact) mass is 1130 g/mol. The molecule has 0 aliphatic carbocycles. The smallest absolute Gasteiger partial charge is 0.410 e. The van der Waals surface area contributed by atoms with Gasteiger partial charge < -0.3 is 28.8 Å². The highest BCUT2D eigenvalue weighted by Gasteiger charge is 2.38. The molecule has 2 heterocycles. The maximum absolute atomic E-state index is 13.8. The van der Waals surface area contributed by atoms with E-state index in [4.69, 9.17) is 23.7 Å². The summed E-state index contributed by atoms with van der Waals surface area (Å²) in [7, 11) is 1.40. The molecule has 8 aromatic rings. The van der Waals surface area contributed by atoms with Crippen LogP contribution >= 0.6 is 0 Å². The Morgan fingerprint density at radius 3 is 1.43 bits per heavy atom. The number of aryl methyl sites for hydroxylation is 2. The van der Waals surface area contributed by atoms with Crippen molar-refractivity contribution in [3.63, 3.8) is 0 Å². The van der Waals surface area contributed by atoms with Crippen LogP contribution < -0.4 is 9.47 Å². The highest BCUT2D eigenvalue weighted by Crippen LogP contribution is 2.44. The lowest BCUT2D eigenvalue weighted by atomic mass is 9.82. The van der Waals surface area contributed by atoms with Crippen LogP contribution in [0.15, 0.2) is 164 Å². The van der Waals surface area contributed by atoms with Gasteiger partial charge in [-0.1, -0.05) is 140 Å². The number of fused-ring (bicyclic) bond motifs is 4. The van der Waals surface area contributed by atoms with E-state index in [9.17, 15) is 24.3 Å². The van der Waals surface area contributed by atoms with Crippen LogP contribution in [0.5, 0.6) is 11.5 Å². The second-order valence-electron chi connectivity index (χ2n) is 24.3. The predicted molar refractivity (Wildman–Crippen MR) is 331 cm³/mol. The summed E-state index contributed by atoms with van der Waals surface area (Å²) in [5.41, 5.74) is 8.20. The van der Waals surface area contributed by atoms with Crippen LogP contribution in [0.25, 0.3) is 21.5 Å². The Labute approximate surface area is 494 Å². The minimum Gasteiger partial charge on any atom is -0.488 e. The number of carbonyl (C=O) groups is 4. The number of methoxy groups -OCH3 is 1. The second kappa shape index (κ2) is 25.1. The molecule has 0 saturated carbocycles. The molecule has 0 bridgehead atoms. The van der Waals surface area contributed by atoms with E-state index >= 15 is 0 Å². The molecule has 436 valence electrons. The summed E-state index contributed by atoms with van der Waals surface area (Å²) in [6, 6.07) is 53.9. The average molecular weight is 1130 g/mol. The lowest BCUT2D eigenvalue weighted by molar-refractivity contribution is 0.00500. The number of rotatable bonds is 12. The van der Waals surface area contributed by atoms with Gasteiger partial charge in [0.15, 0.2) is 0 Å². The summed E-state index contributed by atoms with van der Waals surface area (Å²) in [6.07, 6.45) is -0.225. The van der Waals surface area contributed by atoms with Crippen LogP contribution in [-0.2, 0) is 14.2 Å². The quantitative estimate of drug-likeness (QED) is 0.0928. The molecule has 0 spiro atoms. The molecule has 0 saturated heterocycles. The highest BCUT2D eigenvalue weighted by atomic mass is 16.6. The van der Waals surface area contributed by atoms with Gasteiger partial charge in [-0.15, -0.1) is 0 Å².